The van der Waals surface area contributed by atoms with Crippen LogP contribution in [0.2, 0.25) is 0 Å². The van der Waals surface area contributed by atoms with Crippen LogP contribution in [0.15, 0.2) is 0 Å². The van der Waals surface area contributed by atoms with E-state index in [0.717, 1.165) is 0 Å². The molecular formula is C14H28Cl4O10P2. The van der Waals surface area contributed by atoms with Crippen molar-refractivity contribution in [3.63, 3.8) is 0 Å². The molecule has 0 aromatic rings. The minimum Gasteiger partial charge on any atom is -0.377 e. The summed E-state index contributed by atoms with van der Waals surface area (Å²) in [7, 11) is -7.44. The highest BCUT2D eigenvalue weighted by molar-refractivity contribution is 7.48. The van der Waals surface area contributed by atoms with Crippen molar-refractivity contribution < 1.29 is 45.7 Å². The lowest BCUT2D eigenvalue weighted by Crippen LogP contribution is -2.13. The first-order valence-corrected chi connectivity index (χ1v) is 14.0. The monoisotopic (exact) mass is 558 g/mol. The second kappa shape index (κ2) is 20.9. The van der Waals surface area contributed by atoms with Crippen molar-refractivity contribution in [1.82, 2.24) is 0 Å². The van der Waals surface area contributed by atoms with Gasteiger partial charge in [0.1, 0.15) is 0 Å². The van der Waals surface area contributed by atoms with Crippen LogP contribution < -0.4 is 0 Å². The summed E-state index contributed by atoms with van der Waals surface area (Å²) < 4.78 is 65.2. The maximum Gasteiger partial charge on any atom is 0.474 e. The van der Waals surface area contributed by atoms with Crippen molar-refractivity contribution >= 4 is 62.0 Å². The summed E-state index contributed by atoms with van der Waals surface area (Å²) in [6.07, 6.45) is 0. The molecule has 0 aromatic heterocycles. The number of phosphoric acid groups is 2. The Bertz CT molecular complexity index is 426. The molecule has 0 unspecified atom stereocenters. The average Bonchev–Trinajstić information content (AvgIpc) is 2.75. The molecule has 16 heteroatoms. The van der Waals surface area contributed by atoms with Gasteiger partial charge in [-0.25, -0.2) is 9.13 Å². The SMILES string of the molecule is O=P(OCCCl)(OCCCl)OCCOCCOCCOP(=O)(OCCCl)OCCCl. The Hall–Kier alpha value is 1.30. The molecule has 0 atom stereocenters. The van der Waals surface area contributed by atoms with Crippen LogP contribution in [-0.2, 0) is 45.7 Å². The molecule has 0 aliphatic rings. The summed E-state index contributed by atoms with van der Waals surface area (Å²) in [4.78, 5) is 0. The number of hydrogen-bond donors (Lipinski definition) is 0. The maximum atomic E-state index is 12.2. The fourth-order valence-corrected chi connectivity index (χ4v) is 4.59. The van der Waals surface area contributed by atoms with Crippen LogP contribution >= 0.6 is 62.0 Å². The summed E-state index contributed by atoms with van der Waals surface area (Å²) in [5.41, 5.74) is 0. The molecule has 0 amide bonds. The van der Waals surface area contributed by atoms with E-state index in [4.69, 9.17) is 83.0 Å². The van der Waals surface area contributed by atoms with E-state index in [-0.39, 0.29) is 89.6 Å². The lowest BCUT2D eigenvalue weighted by molar-refractivity contribution is 0.0154. The molecule has 0 spiro atoms. The fourth-order valence-electron chi connectivity index (χ4n) is 1.55. The number of halogens is 4. The topological polar surface area (TPSA) is 108 Å². The van der Waals surface area contributed by atoms with Crippen LogP contribution in [-0.4, -0.2) is 89.6 Å². The van der Waals surface area contributed by atoms with E-state index in [0.29, 0.717) is 0 Å². The van der Waals surface area contributed by atoms with Crippen LogP contribution in [0.25, 0.3) is 0 Å². The van der Waals surface area contributed by atoms with Crippen molar-refractivity contribution in [2.75, 3.05) is 89.6 Å². The molecular weight excluding hydrogens is 532 g/mol. The zero-order valence-electron chi connectivity index (χ0n) is 16.4. The number of hydrogen-bond acceptors (Lipinski definition) is 10. The average molecular weight is 560 g/mol. The summed E-state index contributed by atoms with van der Waals surface area (Å²) in [6, 6.07) is 0. The largest absolute Gasteiger partial charge is 0.474 e. The van der Waals surface area contributed by atoms with E-state index >= 15 is 0 Å². The molecule has 0 fully saturated rings. The molecule has 0 saturated carbocycles. The normalized spacial score (nSPS) is 12.5. The highest BCUT2D eigenvalue weighted by atomic mass is 35.5. The summed E-state index contributed by atoms with van der Waals surface area (Å²) in [5.74, 6) is 0.565. The third-order valence-electron chi connectivity index (χ3n) is 2.63. The molecule has 30 heavy (non-hydrogen) atoms. The second-order valence-corrected chi connectivity index (χ2v) is 9.72. The van der Waals surface area contributed by atoms with Crippen molar-refractivity contribution in [2.45, 2.75) is 0 Å². The highest BCUT2D eigenvalue weighted by Gasteiger charge is 2.27. The Balaban J connectivity index is 3.85. The molecule has 10 nitrogen and oxygen atoms in total. The molecule has 0 aliphatic heterocycles. The van der Waals surface area contributed by atoms with Gasteiger partial charge < -0.3 is 9.47 Å². The Labute approximate surface area is 197 Å². The van der Waals surface area contributed by atoms with Gasteiger partial charge in [-0.3, -0.25) is 27.1 Å². The Morgan fingerprint density at radius 3 is 0.900 bits per heavy atom. The number of phosphoric ester groups is 2. The number of ether oxygens (including phenoxy) is 2. The fraction of sp³-hybridized carbons (Fsp3) is 1.00. The van der Waals surface area contributed by atoms with E-state index in [1.165, 1.54) is 0 Å². The van der Waals surface area contributed by atoms with Crippen molar-refractivity contribution in [3.8, 4) is 0 Å². The first kappa shape index (κ1) is 31.3. The Morgan fingerprint density at radius 2 is 0.633 bits per heavy atom. The molecule has 0 bridgehead atoms. The summed E-state index contributed by atoms with van der Waals surface area (Å²) >= 11 is 22.0. The van der Waals surface area contributed by atoms with E-state index in [2.05, 4.69) is 0 Å². The zero-order chi connectivity index (χ0) is 22.6. The number of rotatable bonds is 23. The van der Waals surface area contributed by atoms with Gasteiger partial charge in [0.05, 0.1) is 66.1 Å². The van der Waals surface area contributed by atoms with Gasteiger partial charge in [0, 0.05) is 23.5 Å². The van der Waals surface area contributed by atoms with E-state index in [1.54, 1.807) is 0 Å². The predicted molar refractivity (Wildman–Crippen MR) is 115 cm³/mol. The van der Waals surface area contributed by atoms with E-state index < -0.39 is 15.6 Å². The third kappa shape index (κ3) is 17.8. The van der Waals surface area contributed by atoms with Crippen LogP contribution in [0.3, 0.4) is 0 Å². The lowest BCUT2D eigenvalue weighted by atomic mass is 10.7. The first-order valence-electron chi connectivity index (χ1n) is 8.92. The van der Waals surface area contributed by atoms with Gasteiger partial charge in [-0.1, -0.05) is 0 Å². The van der Waals surface area contributed by atoms with Gasteiger partial charge in [-0.05, 0) is 0 Å². The Morgan fingerprint density at radius 1 is 0.400 bits per heavy atom. The van der Waals surface area contributed by atoms with Crippen LogP contribution in [0, 0.1) is 0 Å². The molecule has 0 rings (SSSR count). The molecule has 0 radical (unpaired) electrons. The highest BCUT2D eigenvalue weighted by Crippen LogP contribution is 2.49. The van der Waals surface area contributed by atoms with Gasteiger partial charge in [-0.2, -0.15) is 0 Å². The van der Waals surface area contributed by atoms with Gasteiger partial charge in [0.2, 0.25) is 0 Å². The maximum absolute atomic E-state index is 12.2. The minimum atomic E-state index is -3.72. The van der Waals surface area contributed by atoms with E-state index in [1.807, 2.05) is 0 Å². The van der Waals surface area contributed by atoms with Crippen molar-refractivity contribution in [3.05, 3.63) is 0 Å². The van der Waals surface area contributed by atoms with Gasteiger partial charge in [0.15, 0.2) is 0 Å². The van der Waals surface area contributed by atoms with Crippen molar-refractivity contribution in [1.29, 1.82) is 0 Å². The number of alkyl halides is 4. The molecule has 0 saturated heterocycles. The smallest absolute Gasteiger partial charge is 0.377 e. The van der Waals surface area contributed by atoms with Gasteiger partial charge >= 0.3 is 15.6 Å². The summed E-state index contributed by atoms with van der Waals surface area (Å²) in [6.45, 7) is 0.741. The molecule has 0 N–H and O–H groups in total. The third-order valence-corrected chi connectivity index (χ3v) is 6.24. The molecule has 182 valence electrons. The predicted octanol–water partition coefficient (Wildman–Crippen LogP) is 4.29. The van der Waals surface area contributed by atoms with Crippen LogP contribution in [0.5, 0.6) is 0 Å². The van der Waals surface area contributed by atoms with Crippen molar-refractivity contribution in [2.24, 2.45) is 0 Å². The van der Waals surface area contributed by atoms with Crippen LogP contribution in [0.4, 0.5) is 0 Å². The second-order valence-electron chi connectivity index (χ2n) is 4.87. The van der Waals surface area contributed by atoms with Crippen LogP contribution in [0.1, 0.15) is 0 Å². The standard InChI is InChI=1S/C14H28Cl4O10P2/c15-1-5-23-29(19,24-6-2-16)27-13-11-21-9-10-22-12-14-28-30(20,25-7-3-17)26-8-4-18/h1-14H2. The minimum absolute atomic E-state index is 0.0126. The quantitative estimate of drug-likeness (QED) is 0.102. The van der Waals surface area contributed by atoms with E-state index in [9.17, 15) is 9.13 Å². The van der Waals surface area contributed by atoms with Gasteiger partial charge in [-0.15, -0.1) is 46.4 Å². The molecule has 0 aliphatic carbocycles. The Kier molecular flexibility index (Phi) is 21.8. The molecule has 0 aromatic carbocycles. The zero-order valence-corrected chi connectivity index (χ0v) is 21.2. The van der Waals surface area contributed by atoms with Gasteiger partial charge in [0.25, 0.3) is 0 Å². The summed E-state index contributed by atoms with van der Waals surface area (Å²) in [5, 5.41) is 0. The first-order chi connectivity index (χ1) is 14.4. The lowest BCUT2D eigenvalue weighted by Gasteiger charge is -2.17. The molecule has 0 heterocycles.